The van der Waals surface area contributed by atoms with Gasteiger partial charge in [-0.2, -0.15) is 5.26 Å². The van der Waals surface area contributed by atoms with Crippen molar-refractivity contribution in [3.8, 4) is 6.07 Å². The maximum Gasteiger partial charge on any atom is 0.252 e. The van der Waals surface area contributed by atoms with Crippen LogP contribution in [0.15, 0.2) is 77.9 Å². The molecular formula is C45H51N5O2. The molecule has 2 aliphatic rings. The van der Waals surface area contributed by atoms with Crippen LogP contribution in [0.4, 0.5) is 0 Å². The zero-order chi connectivity index (χ0) is 37.1. The number of aromatic amines is 2. The lowest BCUT2D eigenvalue weighted by Gasteiger charge is -2.24. The predicted molar refractivity (Wildman–Crippen MR) is 211 cm³/mol. The molecule has 2 aromatic heterocycles. The Morgan fingerprint density at radius 2 is 1.31 bits per heavy atom. The third-order valence-corrected chi connectivity index (χ3v) is 10.3. The summed E-state index contributed by atoms with van der Waals surface area (Å²) in [6.07, 6.45) is 9.75. The Bertz CT molecular complexity index is 2260. The lowest BCUT2D eigenvalue weighted by atomic mass is 9.91. The van der Waals surface area contributed by atoms with Gasteiger partial charge in [0.25, 0.3) is 11.8 Å². The molecule has 2 amide bonds. The number of amides is 2. The van der Waals surface area contributed by atoms with Crippen LogP contribution in [-0.2, 0) is 17.6 Å². The minimum atomic E-state index is -0.119. The van der Waals surface area contributed by atoms with Crippen LogP contribution >= 0.6 is 0 Å². The standard InChI is InChI=1S/C23H27N3O.C22H24N2O/c1-14(2)10-17(11-16(4)13-24)23(27)26-21-7-5-6-18-19-12-15(3)8-9-20(19)25-22(18)21;1-13-7-9-16(15(3)11-13)22(25)24-20-6-4-5-17-18-12-14(2)8-10-19(18)23-21(17)20/h8-12,14,21,25H,5-7H2,1-4H3,(H,26,27);7-12,20,23H,4-6H2,1-3H3,(H,24,25)/b16-11+,17-10+;. The summed E-state index contributed by atoms with van der Waals surface area (Å²) in [6.45, 7) is 14.1. The van der Waals surface area contributed by atoms with Crippen LogP contribution in [0, 0.1) is 44.9 Å². The van der Waals surface area contributed by atoms with E-state index in [9.17, 15) is 9.59 Å². The fourth-order valence-corrected chi connectivity index (χ4v) is 7.80. The number of benzene rings is 3. The molecule has 4 N–H and O–H groups in total. The number of nitrogens with zero attached hydrogens (tertiary/aromatic N) is 1. The summed E-state index contributed by atoms with van der Waals surface area (Å²) in [5.74, 6) is 0.127. The first-order valence-electron chi connectivity index (χ1n) is 18.6. The van der Waals surface area contributed by atoms with E-state index in [1.54, 1.807) is 13.0 Å². The molecule has 0 radical (unpaired) electrons. The summed E-state index contributed by atoms with van der Waals surface area (Å²) in [5, 5.41) is 18.1. The Kier molecular flexibility index (Phi) is 10.9. The van der Waals surface area contributed by atoms with E-state index in [0.717, 1.165) is 60.9 Å². The number of nitriles is 1. The number of aryl methyl sites for hydroxylation is 6. The maximum atomic E-state index is 12.9. The van der Waals surface area contributed by atoms with Gasteiger partial charge in [0.05, 0.1) is 18.2 Å². The van der Waals surface area contributed by atoms with Gasteiger partial charge in [0, 0.05) is 49.9 Å². The Balaban J connectivity index is 0.000000179. The van der Waals surface area contributed by atoms with E-state index in [0.29, 0.717) is 11.1 Å². The molecule has 5 aromatic rings. The lowest BCUT2D eigenvalue weighted by Crippen LogP contribution is -2.32. The van der Waals surface area contributed by atoms with Crippen molar-refractivity contribution in [1.82, 2.24) is 20.6 Å². The van der Waals surface area contributed by atoms with Crippen molar-refractivity contribution >= 4 is 33.6 Å². The number of carbonyl (C=O) groups is 2. The summed E-state index contributed by atoms with van der Waals surface area (Å²) >= 11 is 0. The van der Waals surface area contributed by atoms with E-state index in [4.69, 9.17) is 5.26 Å². The van der Waals surface area contributed by atoms with E-state index in [-0.39, 0.29) is 29.8 Å². The summed E-state index contributed by atoms with van der Waals surface area (Å²) in [4.78, 5) is 32.8. The van der Waals surface area contributed by atoms with E-state index < -0.39 is 0 Å². The Morgan fingerprint density at radius 1 is 0.788 bits per heavy atom. The molecule has 52 heavy (non-hydrogen) atoms. The second-order valence-corrected chi connectivity index (χ2v) is 15.1. The average molecular weight is 694 g/mol. The van der Waals surface area contributed by atoms with Crippen molar-refractivity contribution in [2.24, 2.45) is 5.92 Å². The molecule has 0 bridgehead atoms. The van der Waals surface area contributed by atoms with Gasteiger partial charge in [-0.15, -0.1) is 0 Å². The van der Waals surface area contributed by atoms with Gasteiger partial charge in [-0.3, -0.25) is 9.59 Å². The van der Waals surface area contributed by atoms with Gasteiger partial charge < -0.3 is 20.6 Å². The summed E-state index contributed by atoms with van der Waals surface area (Å²) in [6, 6.07) is 21.1. The van der Waals surface area contributed by atoms with E-state index in [1.165, 1.54) is 49.8 Å². The number of hydrogen-bond donors (Lipinski definition) is 4. The first kappa shape index (κ1) is 36.4. The maximum absolute atomic E-state index is 12.9. The number of aromatic nitrogens is 2. The van der Waals surface area contributed by atoms with Crippen molar-refractivity contribution in [3.05, 3.63) is 128 Å². The zero-order valence-electron chi connectivity index (χ0n) is 31.6. The molecule has 0 saturated carbocycles. The van der Waals surface area contributed by atoms with Gasteiger partial charge >= 0.3 is 0 Å². The molecular weight excluding hydrogens is 643 g/mol. The molecule has 2 unspecified atom stereocenters. The molecule has 2 aliphatic carbocycles. The second kappa shape index (κ2) is 15.5. The first-order chi connectivity index (χ1) is 24.9. The van der Waals surface area contributed by atoms with Crippen molar-refractivity contribution < 1.29 is 9.59 Å². The molecule has 7 nitrogen and oxygen atoms in total. The Morgan fingerprint density at radius 3 is 1.83 bits per heavy atom. The monoisotopic (exact) mass is 693 g/mol. The summed E-state index contributed by atoms with van der Waals surface area (Å²) in [5.41, 5.74) is 13.9. The fraction of sp³-hybridized carbons (Fsp3) is 0.356. The molecule has 2 atom stereocenters. The number of fused-ring (bicyclic) bond motifs is 6. The van der Waals surface area contributed by atoms with E-state index >= 15 is 0 Å². The average Bonchev–Trinajstić information content (AvgIpc) is 3.67. The van der Waals surface area contributed by atoms with Gasteiger partial charge in [0.15, 0.2) is 0 Å². The number of H-pyrrole nitrogens is 2. The molecule has 7 rings (SSSR count). The van der Waals surface area contributed by atoms with Crippen molar-refractivity contribution in [2.75, 3.05) is 0 Å². The Labute approximate surface area is 307 Å². The topological polar surface area (TPSA) is 114 Å². The molecule has 0 fully saturated rings. The smallest absolute Gasteiger partial charge is 0.252 e. The lowest BCUT2D eigenvalue weighted by molar-refractivity contribution is -0.118. The highest BCUT2D eigenvalue weighted by Gasteiger charge is 2.28. The molecule has 268 valence electrons. The molecule has 7 heteroatoms. The number of hydrogen-bond acceptors (Lipinski definition) is 3. The number of carbonyl (C=O) groups excluding carboxylic acids is 2. The van der Waals surface area contributed by atoms with Crippen LogP contribution in [0.2, 0.25) is 0 Å². The largest absolute Gasteiger partial charge is 0.356 e. The molecule has 0 saturated heterocycles. The summed E-state index contributed by atoms with van der Waals surface area (Å²) < 4.78 is 0. The van der Waals surface area contributed by atoms with Gasteiger partial charge in [-0.25, -0.2) is 0 Å². The minimum absolute atomic E-state index is 0.0187. The van der Waals surface area contributed by atoms with Crippen LogP contribution in [0.1, 0.15) is 114 Å². The quantitative estimate of drug-likeness (QED) is 0.0807. The molecule has 0 spiro atoms. The molecule has 3 aromatic carbocycles. The third kappa shape index (κ3) is 7.92. The highest BCUT2D eigenvalue weighted by atomic mass is 16.2. The van der Waals surface area contributed by atoms with Gasteiger partial charge in [-0.05, 0) is 132 Å². The van der Waals surface area contributed by atoms with Crippen molar-refractivity contribution in [2.45, 2.75) is 99.1 Å². The number of allylic oxidation sites excluding steroid dienone is 2. The van der Waals surface area contributed by atoms with Crippen LogP contribution in [0.3, 0.4) is 0 Å². The Hall–Kier alpha value is -5.35. The molecule has 2 heterocycles. The predicted octanol–water partition coefficient (Wildman–Crippen LogP) is 9.92. The second-order valence-electron chi connectivity index (χ2n) is 15.1. The first-order valence-corrected chi connectivity index (χ1v) is 18.6. The number of rotatable bonds is 6. The molecule has 0 aliphatic heterocycles. The van der Waals surface area contributed by atoms with Crippen LogP contribution in [0.25, 0.3) is 21.8 Å². The summed E-state index contributed by atoms with van der Waals surface area (Å²) in [7, 11) is 0. The van der Waals surface area contributed by atoms with Crippen LogP contribution in [-0.4, -0.2) is 21.8 Å². The third-order valence-electron chi connectivity index (χ3n) is 10.3. The highest BCUT2D eigenvalue weighted by molar-refractivity contribution is 5.97. The van der Waals surface area contributed by atoms with Gasteiger partial charge in [0.2, 0.25) is 0 Å². The van der Waals surface area contributed by atoms with Crippen molar-refractivity contribution in [1.29, 1.82) is 5.26 Å². The normalized spacial score (nSPS) is 17.2. The highest BCUT2D eigenvalue weighted by Crippen LogP contribution is 2.37. The minimum Gasteiger partial charge on any atom is -0.356 e. The fourth-order valence-electron chi connectivity index (χ4n) is 7.80. The van der Waals surface area contributed by atoms with Crippen LogP contribution in [0.5, 0.6) is 0 Å². The van der Waals surface area contributed by atoms with E-state index in [1.807, 2.05) is 39.0 Å². The van der Waals surface area contributed by atoms with Gasteiger partial charge in [-0.1, -0.05) is 60.9 Å². The SMILES string of the molecule is C/C(C#N)=C\C(=C/C(C)C)C(=O)NC1CCCc2c1[nH]c1ccc(C)cc21.Cc1ccc(C(=O)NC2CCCc3c2[nH]c2ccc(C)cc32)c(C)c1. The van der Waals surface area contributed by atoms with Crippen LogP contribution < -0.4 is 10.6 Å². The van der Waals surface area contributed by atoms with Gasteiger partial charge in [0.1, 0.15) is 0 Å². The zero-order valence-corrected chi connectivity index (χ0v) is 31.6. The number of nitrogens with one attached hydrogen (secondary N) is 4. The van der Waals surface area contributed by atoms with Crippen molar-refractivity contribution in [3.63, 3.8) is 0 Å². The van der Waals surface area contributed by atoms with E-state index in [2.05, 4.69) is 89.9 Å².